The first kappa shape index (κ1) is 23.3. The van der Waals surface area contributed by atoms with Crippen molar-refractivity contribution in [2.75, 3.05) is 19.8 Å². The van der Waals surface area contributed by atoms with Crippen molar-refractivity contribution < 1.29 is 22.8 Å². The molecule has 0 amide bonds. The Kier molecular flexibility index (Phi) is 14.2. The summed E-state index contributed by atoms with van der Waals surface area (Å²) in [4.78, 5) is 11.1. The summed E-state index contributed by atoms with van der Waals surface area (Å²) in [5, 5.41) is 0. The molecule has 1 atom stereocenters. The fraction of sp³-hybridized carbons (Fsp3) is 0.833. The molecular formula is C18H36O5Si. The summed E-state index contributed by atoms with van der Waals surface area (Å²) < 4.78 is 22.7. The molecule has 0 saturated carbocycles. The van der Waals surface area contributed by atoms with Crippen LogP contribution in [-0.4, -0.2) is 40.7 Å². The highest BCUT2D eigenvalue weighted by molar-refractivity contribution is 6.60. The summed E-state index contributed by atoms with van der Waals surface area (Å²) in [5.74, 6) is -0.341. The predicted molar refractivity (Wildman–Crippen MR) is 98.9 cm³/mol. The van der Waals surface area contributed by atoms with Crippen molar-refractivity contribution >= 4 is 14.8 Å². The fourth-order valence-electron chi connectivity index (χ4n) is 2.61. The van der Waals surface area contributed by atoms with Crippen LogP contribution in [0.4, 0.5) is 0 Å². The van der Waals surface area contributed by atoms with E-state index in [0.29, 0.717) is 19.8 Å². The van der Waals surface area contributed by atoms with Gasteiger partial charge in [0.25, 0.3) is 0 Å². The molecule has 0 aliphatic rings. The molecule has 0 N–H and O–H groups in total. The van der Waals surface area contributed by atoms with Crippen LogP contribution >= 0.6 is 0 Å². The standard InChI is InChI=1S/C18H36O5Si/c1-6-18(19)23-17(5)15-13-11-10-12-14-16-24(20-7-2,21-8-3)22-9-4/h6,17H,1,7-16H2,2-5H3. The van der Waals surface area contributed by atoms with Crippen molar-refractivity contribution in [3.63, 3.8) is 0 Å². The Labute approximate surface area is 149 Å². The van der Waals surface area contributed by atoms with E-state index >= 15 is 0 Å². The van der Waals surface area contributed by atoms with E-state index in [1.165, 1.54) is 6.08 Å². The topological polar surface area (TPSA) is 54.0 Å². The first-order valence-corrected chi connectivity index (χ1v) is 11.2. The molecule has 24 heavy (non-hydrogen) atoms. The second-order valence-corrected chi connectivity index (χ2v) is 8.47. The first-order valence-electron chi connectivity index (χ1n) is 9.28. The molecule has 0 spiro atoms. The molecule has 0 radical (unpaired) electrons. The van der Waals surface area contributed by atoms with Crippen LogP contribution in [0.3, 0.4) is 0 Å². The summed E-state index contributed by atoms with van der Waals surface area (Å²) in [5.41, 5.74) is 0. The van der Waals surface area contributed by atoms with Gasteiger partial charge in [-0.25, -0.2) is 4.79 Å². The molecule has 0 saturated heterocycles. The normalized spacial score (nSPS) is 12.8. The predicted octanol–water partition coefficient (Wildman–Crippen LogP) is 4.49. The van der Waals surface area contributed by atoms with Gasteiger partial charge in [-0.15, -0.1) is 0 Å². The molecule has 0 aromatic heterocycles. The lowest BCUT2D eigenvalue weighted by atomic mass is 10.1. The highest BCUT2D eigenvalue weighted by Crippen LogP contribution is 2.20. The zero-order chi connectivity index (χ0) is 18.3. The zero-order valence-corrected chi connectivity index (χ0v) is 17.0. The van der Waals surface area contributed by atoms with Gasteiger partial charge in [-0.3, -0.25) is 0 Å². The average Bonchev–Trinajstić information content (AvgIpc) is 2.54. The summed E-state index contributed by atoms with van der Waals surface area (Å²) >= 11 is 0. The molecule has 0 fully saturated rings. The summed E-state index contributed by atoms with van der Waals surface area (Å²) in [6, 6.07) is 0.885. The number of ether oxygens (including phenoxy) is 1. The van der Waals surface area contributed by atoms with Gasteiger partial charge in [-0.1, -0.05) is 25.8 Å². The Morgan fingerprint density at radius 1 is 0.958 bits per heavy atom. The number of esters is 1. The van der Waals surface area contributed by atoms with Gasteiger partial charge in [0.1, 0.15) is 0 Å². The molecule has 5 nitrogen and oxygen atoms in total. The van der Waals surface area contributed by atoms with Gasteiger partial charge in [0, 0.05) is 31.9 Å². The molecule has 0 aromatic carbocycles. The lowest BCUT2D eigenvalue weighted by molar-refractivity contribution is -0.142. The largest absolute Gasteiger partial charge is 0.500 e. The number of carbonyl (C=O) groups is 1. The van der Waals surface area contributed by atoms with Gasteiger partial charge in [0.15, 0.2) is 0 Å². The summed E-state index contributed by atoms with van der Waals surface area (Å²) in [7, 11) is -2.47. The Balaban J connectivity index is 3.88. The number of unbranched alkanes of at least 4 members (excludes halogenated alkanes) is 4. The zero-order valence-electron chi connectivity index (χ0n) is 16.0. The third kappa shape index (κ3) is 11.0. The molecule has 0 rings (SSSR count). The Morgan fingerprint density at radius 3 is 1.96 bits per heavy atom. The van der Waals surface area contributed by atoms with Crippen LogP contribution in [0, 0.1) is 0 Å². The molecule has 0 aromatic rings. The summed E-state index contributed by atoms with van der Waals surface area (Å²) in [6.45, 7) is 13.2. The van der Waals surface area contributed by atoms with Crippen LogP contribution in [0.2, 0.25) is 6.04 Å². The quantitative estimate of drug-likeness (QED) is 0.176. The fourth-order valence-corrected chi connectivity index (χ4v) is 5.30. The maximum absolute atomic E-state index is 11.1. The third-order valence-corrected chi connectivity index (χ3v) is 6.82. The van der Waals surface area contributed by atoms with E-state index in [9.17, 15) is 4.79 Å². The van der Waals surface area contributed by atoms with Gasteiger partial charge in [-0.2, -0.15) is 0 Å². The third-order valence-electron chi connectivity index (χ3n) is 3.67. The molecule has 142 valence electrons. The van der Waals surface area contributed by atoms with Crippen molar-refractivity contribution in [1.29, 1.82) is 0 Å². The minimum Gasteiger partial charge on any atom is -0.460 e. The Hall–Kier alpha value is -0.693. The number of rotatable bonds is 16. The van der Waals surface area contributed by atoms with Gasteiger partial charge in [0.05, 0.1) is 6.10 Å². The smallest absolute Gasteiger partial charge is 0.460 e. The minimum atomic E-state index is -2.47. The van der Waals surface area contributed by atoms with Gasteiger partial charge < -0.3 is 18.0 Å². The van der Waals surface area contributed by atoms with Crippen LogP contribution in [0.5, 0.6) is 0 Å². The number of carbonyl (C=O) groups excluding carboxylic acids is 1. The lowest BCUT2D eigenvalue weighted by Gasteiger charge is -2.28. The van der Waals surface area contributed by atoms with E-state index in [1.807, 2.05) is 27.7 Å². The van der Waals surface area contributed by atoms with E-state index < -0.39 is 8.80 Å². The van der Waals surface area contributed by atoms with Crippen molar-refractivity contribution in [2.24, 2.45) is 0 Å². The second kappa shape index (κ2) is 14.6. The van der Waals surface area contributed by atoms with E-state index in [-0.39, 0.29) is 12.1 Å². The number of hydrogen-bond acceptors (Lipinski definition) is 5. The maximum Gasteiger partial charge on any atom is 0.500 e. The highest BCUT2D eigenvalue weighted by Gasteiger charge is 2.39. The molecule has 0 aliphatic carbocycles. The molecule has 0 bridgehead atoms. The van der Waals surface area contributed by atoms with Crippen LogP contribution in [0.15, 0.2) is 12.7 Å². The summed E-state index contributed by atoms with van der Waals surface area (Å²) in [6.07, 6.45) is 7.65. The molecule has 0 heterocycles. The number of hydrogen-bond donors (Lipinski definition) is 0. The van der Waals surface area contributed by atoms with Crippen LogP contribution in [0.1, 0.15) is 66.2 Å². The van der Waals surface area contributed by atoms with Crippen LogP contribution in [-0.2, 0) is 22.8 Å². The van der Waals surface area contributed by atoms with Crippen molar-refractivity contribution in [2.45, 2.75) is 78.4 Å². The van der Waals surface area contributed by atoms with E-state index in [0.717, 1.165) is 44.6 Å². The van der Waals surface area contributed by atoms with Gasteiger partial charge >= 0.3 is 14.8 Å². The van der Waals surface area contributed by atoms with Crippen molar-refractivity contribution in [3.05, 3.63) is 12.7 Å². The highest BCUT2D eigenvalue weighted by atomic mass is 28.4. The molecule has 6 heteroatoms. The lowest BCUT2D eigenvalue weighted by Crippen LogP contribution is -2.45. The average molecular weight is 361 g/mol. The SMILES string of the molecule is C=CC(=O)OC(C)CCCCCCC[Si](OCC)(OCC)OCC. The molecular weight excluding hydrogens is 324 g/mol. The van der Waals surface area contributed by atoms with E-state index in [1.54, 1.807) is 0 Å². The maximum atomic E-state index is 11.1. The monoisotopic (exact) mass is 360 g/mol. The van der Waals surface area contributed by atoms with Crippen molar-refractivity contribution in [1.82, 2.24) is 0 Å². The Morgan fingerprint density at radius 2 is 1.46 bits per heavy atom. The first-order chi connectivity index (χ1) is 11.5. The van der Waals surface area contributed by atoms with Gasteiger partial charge in [0.2, 0.25) is 0 Å². The second-order valence-electron chi connectivity index (χ2n) is 5.74. The molecule has 1 unspecified atom stereocenters. The molecule has 0 aliphatic heterocycles. The van der Waals surface area contributed by atoms with Crippen LogP contribution < -0.4 is 0 Å². The van der Waals surface area contributed by atoms with Crippen LogP contribution in [0.25, 0.3) is 0 Å². The van der Waals surface area contributed by atoms with E-state index in [2.05, 4.69) is 6.58 Å². The minimum absolute atomic E-state index is 0.0376. The Bertz CT molecular complexity index is 318. The van der Waals surface area contributed by atoms with Crippen molar-refractivity contribution in [3.8, 4) is 0 Å². The van der Waals surface area contributed by atoms with E-state index in [4.69, 9.17) is 18.0 Å². The van der Waals surface area contributed by atoms with Gasteiger partial charge in [-0.05, 0) is 47.0 Å².